The fraction of sp³-hybridized carbons (Fsp3) is 0.429. The average Bonchev–Trinajstić information content (AvgIpc) is 2.83. The molecule has 0 radical (unpaired) electrons. The van der Waals surface area contributed by atoms with Crippen LogP contribution < -0.4 is 10.6 Å². The van der Waals surface area contributed by atoms with Gasteiger partial charge in [0.1, 0.15) is 5.01 Å². The Bertz CT molecular complexity index is 589. The number of nitrogens with zero attached hydrogens (tertiary/aromatic N) is 1. The third-order valence-corrected chi connectivity index (χ3v) is 4.64. The summed E-state index contributed by atoms with van der Waals surface area (Å²) in [6.07, 6.45) is 2.57. The first-order valence-corrected chi connectivity index (χ1v) is 7.55. The van der Waals surface area contributed by atoms with Crippen molar-refractivity contribution in [2.24, 2.45) is 0 Å². The first kappa shape index (κ1) is 13.3. The van der Waals surface area contributed by atoms with E-state index in [9.17, 15) is 9.90 Å². The van der Waals surface area contributed by atoms with E-state index >= 15 is 0 Å². The second-order valence-corrected chi connectivity index (χ2v) is 6.30. The molecule has 106 valence electrons. The number of nitrogens with one attached hydrogen (secondary N) is 2. The predicted molar refractivity (Wildman–Crippen MR) is 78.7 cm³/mol. The first-order valence-electron chi connectivity index (χ1n) is 6.73. The molecule has 3 rings (SSSR count). The lowest BCUT2D eigenvalue weighted by Gasteiger charge is -2.36. The number of urea groups is 1. The molecule has 1 fully saturated rings. The fourth-order valence-corrected chi connectivity index (χ4v) is 3.13. The second-order valence-electron chi connectivity index (χ2n) is 5.19. The van der Waals surface area contributed by atoms with E-state index in [0.29, 0.717) is 13.1 Å². The largest absolute Gasteiger partial charge is 0.388 e. The fourth-order valence-electron chi connectivity index (χ4n) is 2.22. The lowest BCUT2D eigenvalue weighted by molar-refractivity contribution is -0.0290. The Labute approximate surface area is 121 Å². The van der Waals surface area contributed by atoms with Crippen LogP contribution in [-0.4, -0.2) is 28.3 Å². The Hall–Kier alpha value is -1.66. The molecule has 0 bridgehead atoms. The highest BCUT2D eigenvalue weighted by Gasteiger charge is 2.34. The topological polar surface area (TPSA) is 74.2 Å². The molecule has 2 amide bonds. The van der Waals surface area contributed by atoms with Gasteiger partial charge in [-0.25, -0.2) is 9.78 Å². The maximum atomic E-state index is 11.7. The van der Waals surface area contributed by atoms with Crippen molar-refractivity contribution in [3.8, 4) is 0 Å². The number of rotatable bonds is 4. The van der Waals surface area contributed by atoms with Gasteiger partial charge in [0.25, 0.3) is 0 Å². The molecule has 1 heterocycles. The van der Waals surface area contributed by atoms with E-state index in [1.54, 1.807) is 11.3 Å². The lowest BCUT2D eigenvalue weighted by atomic mass is 9.80. The molecule has 5 nitrogen and oxygen atoms in total. The summed E-state index contributed by atoms with van der Waals surface area (Å²) >= 11 is 1.58. The Morgan fingerprint density at radius 2 is 2.15 bits per heavy atom. The van der Waals surface area contributed by atoms with Crippen molar-refractivity contribution in [1.29, 1.82) is 0 Å². The van der Waals surface area contributed by atoms with Gasteiger partial charge >= 0.3 is 6.03 Å². The van der Waals surface area contributed by atoms with Gasteiger partial charge in [0, 0.05) is 6.54 Å². The third-order valence-electron chi connectivity index (χ3n) is 3.60. The molecule has 6 heteroatoms. The Morgan fingerprint density at radius 1 is 1.35 bits per heavy atom. The van der Waals surface area contributed by atoms with Crippen LogP contribution in [0.25, 0.3) is 10.2 Å². The van der Waals surface area contributed by atoms with Crippen molar-refractivity contribution in [2.45, 2.75) is 31.4 Å². The number of carbonyl (C=O) groups excluding carboxylic acids is 1. The molecule has 20 heavy (non-hydrogen) atoms. The van der Waals surface area contributed by atoms with E-state index in [1.807, 2.05) is 24.3 Å². The normalized spacial score (nSPS) is 16.6. The molecule has 0 aliphatic heterocycles. The van der Waals surface area contributed by atoms with Gasteiger partial charge in [-0.05, 0) is 31.4 Å². The van der Waals surface area contributed by atoms with Crippen LogP contribution in [0.5, 0.6) is 0 Å². The van der Waals surface area contributed by atoms with Crippen LogP contribution in [-0.2, 0) is 6.54 Å². The summed E-state index contributed by atoms with van der Waals surface area (Å²) in [5.74, 6) is 0. The number of hydrogen-bond acceptors (Lipinski definition) is 4. The summed E-state index contributed by atoms with van der Waals surface area (Å²) in [4.78, 5) is 16.1. The van der Waals surface area contributed by atoms with Crippen molar-refractivity contribution in [2.75, 3.05) is 6.54 Å². The van der Waals surface area contributed by atoms with Crippen molar-refractivity contribution < 1.29 is 9.90 Å². The molecule has 0 unspecified atom stereocenters. The molecule has 0 atom stereocenters. The first-order chi connectivity index (χ1) is 9.65. The van der Waals surface area contributed by atoms with Gasteiger partial charge in [-0.2, -0.15) is 0 Å². The van der Waals surface area contributed by atoms with Crippen molar-refractivity contribution in [3.63, 3.8) is 0 Å². The molecule has 0 saturated heterocycles. The SMILES string of the molecule is O=C(NCc1nc2ccccc2s1)NCC1(O)CCC1. The minimum atomic E-state index is -0.687. The molecular weight excluding hydrogens is 274 g/mol. The summed E-state index contributed by atoms with van der Waals surface area (Å²) in [5.41, 5.74) is 0.270. The second kappa shape index (κ2) is 5.38. The van der Waals surface area contributed by atoms with Crippen LogP contribution in [0.4, 0.5) is 4.79 Å². The number of thiazole rings is 1. The number of carbonyl (C=O) groups is 1. The molecule has 1 saturated carbocycles. The van der Waals surface area contributed by atoms with Crippen LogP contribution in [0.15, 0.2) is 24.3 Å². The molecule has 0 spiro atoms. The minimum absolute atomic E-state index is 0.260. The number of amides is 2. The van der Waals surface area contributed by atoms with Crippen molar-refractivity contribution in [3.05, 3.63) is 29.3 Å². The smallest absolute Gasteiger partial charge is 0.315 e. The van der Waals surface area contributed by atoms with Gasteiger partial charge in [0.2, 0.25) is 0 Å². The highest BCUT2D eigenvalue weighted by molar-refractivity contribution is 7.18. The predicted octanol–water partition coefficient (Wildman–Crippen LogP) is 2.01. The molecule has 1 aromatic carbocycles. The monoisotopic (exact) mass is 291 g/mol. The minimum Gasteiger partial charge on any atom is -0.388 e. The Balaban J connectivity index is 1.49. The van der Waals surface area contributed by atoms with Crippen LogP contribution >= 0.6 is 11.3 Å². The number of fused-ring (bicyclic) bond motifs is 1. The van der Waals surface area contributed by atoms with E-state index in [4.69, 9.17) is 0 Å². The third kappa shape index (κ3) is 2.91. The summed E-state index contributed by atoms with van der Waals surface area (Å²) in [5, 5.41) is 16.2. The molecule has 1 aliphatic rings. The summed E-state index contributed by atoms with van der Waals surface area (Å²) in [6.45, 7) is 0.724. The zero-order valence-corrected chi connectivity index (χ0v) is 11.9. The van der Waals surface area contributed by atoms with Crippen molar-refractivity contribution >= 4 is 27.6 Å². The number of aromatic nitrogens is 1. The highest BCUT2D eigenvalue weighted by atomic mass is 32.1. The van der Waals surface area contributed by atoms with Crippen molar-refractivity contribution in [1.82, 2.24) is 15.6 Å². The van der Waals surface area contributed by atoms with Gasteiger partial charge < -0.3 is 15.7 Å². The van der Waals surface area contributed by atoms with Crippen LogP contribution in [0.2, 0.25) is 0 Å². The van der Waals surface area contributed by atoms with E-state index in [0.717, 1.165) is 34.5 Å². The van der Waals surface area contributed by atoms with E-state index in [-0.39, 0.29) is 6.03 Å². The molecule has 1 aliphatic carbocycles. The number of benzene rings is 1. The maximum absolute atomic E-state index is 11.7. The van der Waals surface area contributed by atoms with Crippen LogP contribution in [0.1, 0.15) is 24.3 Å². The average molecular weight is 291 g/mol. The van der Waals surface area contributed by atoms with Gasteiger partial charge in [-0.15, -0.1) is 11.3 Å². The van der Waals surface area contributed by atoms with Gasteiger partial charge in [0.15, 0.2) is 0 Å². The summed E-state index contributed by atoms with van der Waals surface area (Å²) in [6, 6.07) is 7.64. The number of para-hydroxylation sites is 1. The molecular formula is C14H17N3O2S. The number of hydrogen-bond donors (Lipinski definition) is 3. The maximum Gasteiger partial charge on any atom is 0.315 e. The zero-order chi connectivity index (χ0) is 14.0. The van der Waals surface area contributed by atoms with Gasteiger partial charge in [0.05, 0.1) is 22.4 Å². The molecule has 2 aromatic rings. The quantitative estimate of drug-likeness (QED) is 0.806. The lowest BCUT2D eigenvalue weighted by Crippen LogP contribution is -2.49. The van der Waals surface area contributed by atoms with Crippen LogP contribution in [0, 0.1) is 0 Å². The standard InChI is InChI=1S/C14H17N3O2S/c18-13(16-9-14(19)6-3-7-14)15-8-12-17-10-4-1-2-5-11(10)20-12/h1-2,4-5,19H,3,6-9H2,(H2,15,16,18). The molecule has 1 aromatic heterocycles. The van der Waals surface area contributed by atoms with Crippen LogP contribution in [0.3, 0.4) is 0 Å². The number of aliphatic hydroxyl groups is 1. The van der Waals surface area contributed by atoms with E-state index in [2.05, 4.69) is 15.6 Å². The highest BCUT2D eigenvalue weighted by Crippen LogP contribution is 2.30. The van der Waals surface area contributed by atoms with E-state index in [1.165, 1.54) is 0 Å². The summed E-state index contributed by atoms with van der Waals surface area (Å²) < 4.78 is 1.12. The molecule has 3 N–H and O–H groups in total. The zero-order valence-electron chi connectivity index (χ0n) is 11.1. The van der Waals surface area contributed by atoms with Gasteiger partial charge in [-0.1, -0.05) is 12.1 Å². The Kier molecular flexibility index (Phi) is 3.58. The summed E-state index contributed by atoms with van der Waals surface area (Å²) in [7, 11) is 0. The Morgan fingerprint density at radius 3 is 2.85 bits per heavy atom. The van der Waals surface area contributed by atoms with Gasteiger partial charge in [-0.3, -0.25) is 0 Å². The van der Waals surface area contributed by atoms with E-state index < -0.39 is 5.60 Å².